The molecule has 0 atom stereocenters. The largest absolute Gasteiger partial charge is 0.285 e. The number of hydrogen-bond acceptors (Lipinski definition) is 2. The molecule has 9 rings (SSSR count). The lowest BCUT2D eigenvalue weighted by Gasteiger charge is -2.14. The van der Waals surface area contributed by atoms with Crippen LogP contribution in [-0.4, -0.2) is 0 Å². The van der Waals surface area contributed by atoms with Gasteiger partial charge in [0.25, 0.3) is 0 Å². The maximum atomic E-state index is 13.0. The third-order valence-corrected chi connectivity index (χ3v) is 9.00. The van der Waals surface area contributed by atoms with Crippen molar-refractivity contribution in [1.29, 1.82) is 0 Å². The van der Waals surface area contributed by atoms with Crippen LogP contribution < -0.4 is 10.9 Å². The Kier molecular flexibility index (Phi) is 4.22. The third-order valence-electron chi connectivity index (χ3n) is 9.00. The molecule has 0 fully saturated rings. The Morgan fingerprint density at radius 1 is 0.475 bits per heavy atom. The van der Waals surface area contributed by atoms with Crippen LogP contribution in [-0.2, 0) is 0 Å². The number of allylic oxidation sites excluding steroid dienone is 4. The van der Waals surface area contributed by atoms with Crippen LogP contribution in [0.15, 0.2) is 119 Å². The summed E-state index contributed by atoms with van der Waals surface area (Å²) >= 11 is 0. The topological polar surface area (TPSA) is 34.1 Å². The molecule has 0 heterocycles. The second kappa shape index (κ2) is 7.74. The number of fused-ring (bicyclic) bond motifs is 6. The van der Waals surface area contributed by atoms with E-state index in [1.807, 2.05) is 12.1 Å². The van der Waals surface area contributed by atoms with Gasteiger partial charge in [-0.25, -0.2) is 0 Å². The van der Waals surface area contributed by atoms with Crippen molar-refractivity contribution in [2.45, 2.75) is 12.8 Å². The zero-order valence-electron chi connectivity index (χ0n) is 21.6. The first-order chi connectivity index (χ1) is 19.7. The number of hydrogen-bond donors (Lipinski definition) is 0. The van der Waals surface area contributed by atoms with Crippen LogP contribution >= 0.6 is 0 Å². The quantitative estimate of drug-likeness (QED) is 0.172. The minimum atomic E-state index is -0.398. The van der Waals surface area contributed by atoms with Crippen LogP contribution in [0.3, 0.4) is 0 Å². The standard InChI is InChI=1S/C38H22O2/c39-37-28-16-8-14-26-29-19-31-33-25(30(29)20-32(34(26)28)38(37)40)13-7-15-27(33)35-23(21-9-3-1-4-10-21)17-18-24(36(31)35)22-11-5-2-6-12-22/h1-5,7-11,13-20H,6,12H2. The Labute approximate surface area is 229 Å². The van der Waals surface area contributed by atoms with Gasteiger partial charge in [-0.15, -0.1) is 0 Å². The number of rotatable bonds is 2. The van der Waals surface area contributed by atoms with Crippen molar-refractivity contribution in [3.8, 4) is 11.1 Å². The predicted octanol–water partition coefficient (Wildman–Crippen LogP) is 9.04. The highest BCUT2D eigenvalue weighted by Gasteiger charge is 2.23. The molecule has 1 aliphatic carbocycles. The van der Waals surface area contributed by atoms with Gasteiger partial charge >= 0.3 is 0 Å². The SMILES string of the molecule is O=c1c(=O)c2cc3c(cc4c5c(C6=CC=CCC6)ccc(-c6ccccc6)c5c5cccc3c45)c3cccc1c23. The molecule has 0 bridgehead atoms. The summed E-state index contributed by atoms with van der Waals surface area (Å²) in [7, 11) is 0. The molecule has 0 spiro atoms. The van der Waals surface area contributed by atoms with Gasteiger partial charge in [0.1, 0.15) is 0 Å². The van der Waals surface area contributed by atoms with Crippen molar-refractivity contribution >= 4 is 70.2 Å². The smallest absolute Gasteiger partial charge is 0.234 e. The molecule has 0 saturated carbocycles. The van der Waals surface area contributed by atoms with Crippen LogP contribution in [0, 0.1) is 0 Å². The first-order valence-corrected chi connectivity index (χ1v) is 13.8. The van der Waals surface area contributed by atoms with Gasteiger partial charge in [0.15, 0.2) is 0 Å². The summed E-state index contributed by atoms with van der Waals surface area (Å²) in [6, 6.07) is 31.8. The van der Waals surface area contributed by atoms with Gasteiger partial charge in [0.05, 0.1) is 0 Å². The van der Waals surface area contributed by atoms with E-state index in [-0.39, 0.29) is 0 Å². The molecule has 0 unspecified atom stereocenters. The maximum Gasteiger partial charge on any atom is 0.234 e. The fourth-order valence-corrected chi connectivity index (χ4v) is 7.30. The van der Waals surface area contributed by atoms with E-state index in [2.05, 4.69) is 91.0 Å². The van der Waals surface area contributed by atoms with E-state index in [9.17, 15) is 9.59 Å². The van der Waals surface area contributed by atoms with E-state index < -0.39 is 10.9 Å². The van der Waals surface area contributed by atoms with Crippen LogP contribution in [0.2, 0.25) is 0 Å². The minimum Gasteiger partial charge on any atom is -0.285 e. The molecule has 2 nitrogen and oxygen atoms in total. The summed E-state index contributed by atoms with van der Waals surface area (Å²) < 4.78 is 0. The normalized spacial score (nSPS) is 14.1. The highest BCUT2D eigenvalue weighted by molar-refractivity contribution is 6.40. The van der Waals surface area contributed by atoms with Gasteiger partial charge in [0, 0.05) is 16.2 Å². The van der Waals surface area contributed by atoms with Crippen molar-refractivity contribution in [3.05, 3.63) is 135 Å². The molecular weight excluding hydrogens is 488 g/mol. The van der Waals surface area contributed by atoms with Gasteiger partial charge in [-0.05, 0) is 95.7 Å². The fourth-order valence-electron chi connectivity index (χ4n) is 7.30. The molecule has 8 aromatic rings. The molecule has 0 N–H and O–H groups in total. The molecule has 8 aromatic carbocycles. The lowest BCUT2D eigenvalue weighted by atomic mass is 9.89. The summed E-state index contributed by atoms with van der Waals surface area (Å²) in [5.74, 6) is 0. The Hall–Kier alpha value is -5.08. The van der Waals surface area contributed by atoms with Crippen molar-refractivity contribution in [2.24, 2.45) is 0 Å². The van der Waals surface area contributed by atoms with E-state index in [0.29, 0.717) is 10.8 Å². The van der Waals surface area contributed by atoms with E-state index >= 15 is 0 Å². The Morgan fingerprint density at radius 3 is 1.85 bits per heavy atom. The monoisotopic (exact) mass is 510 g/mol. The first-order valence-electron chi connectivity index (χ1n) is 13.8. The fraction of sp³-hybridized carbons (Fsp3) is 0.0526. The Morgan fingerprint density at radius 2 is 1.10 bits per heavy atom. The van der Waals surface area contributed by atoms with Gasteiger partial charge < -0.3 is 0 Å². The lowest BCUT2D eigenvalue weighted by Crippen LogP contribution is -2.16. The molecule has 2 heteroatoms. The lowest BCUT2D eigenvalue weighted by molar-refractivity contribution is 1.06. The van der Waals surface area contributed by atoms with Crippen molar-refractivity contribution < 1.29 is 0 Å². The Bertz CT molecular complexity index is 2500. The van der Waals surface area contributed by atoms with Crippen LogP contribution in [0.25, 0.3) is 81.3 Å². The number of benzene rings is 6. The molecule has 0 radical (unpaired) electrons. The summed E-state index contributed by atoms with van der Waals surface area (Å²) in [6.07, 6.45) is 8.72. The Balaban J connectivity index is 1.57. The van der Waals surface area contributed by atoms with E-state index in [1.54, 1.807) is 6.07 Å². The van der Waals surface area contributed by atoms with Crippen LogP contribution in [0.1, 0.15) is 18.4 Å². The average molecular weight is 511 g/mol. The van der Waals surface area contributed by atoms with Gasteiger partial charge in [0.2, 0.25) is 10.9 Å². The molecule has 1 aliphatic rings. The highest BCUT2D eigenvalue weighted by atomic mass is 16.2. The molecule has 0 aliphatic heterocycles. The van der Waals surface area contributed by atoms with Crippen LogP contribution in [0.4, 0.5) is 0 Å². The molecule has 40 heavy (non-hydrogen) atoms. The zero-order chi connectivity index (χ0) is 26.5. The summed E-state index contributed by atoms with van der Waals surface area (Å²) in [4.78, 5) is 25.9. The van der Waals surface area contributed by atoms with Crippen molar-refractivity contribution in [2.75, 3.05) is 0 Å². The van der Waals surface area contributed by atoms with Gasteiger partial charge in [-0.2, -0.15) is 0 Å². The highest BCUT2D eigenvalue weighted by Crippen LogP contribution is 2.49. The third kappa shape index (κ3) is 2.68. The van der Waals surface area contributed by atoms with Gasteiger partial charge in [-0.3, -0.25) is 9.59 Å². The molecular formula is C38H22O2. The van der Waals surface area contributed by atoms with Crippen molar-refractivity contribution in [1.82, 2.24) is 0 Å². The van der Waals surface area contributed by atoms with E-state index in [0.717, 1.165) is 39.8 Å². The molecule has 0 aromatic heterocycles. The minimum absolute atomic E-state index is 0.398. The zero-order valence-corrected chi connectivity index (χ0v) is 21.6. The molecule has 186 valence electrons. The summed E-state index contributed by atoms with van der Waals surface area (Å²) in [6.45, 7) is 0. The van der Waals surface area contributed by atoms with Crippen molar-refractivity contribution in [3.63, 3.8) is 0 Å². The second-order valence-corrected chi connectivity index (χ2v) is 11.0. The summed E-state index contributed by atoms with van der Waals surface area (Å²) in [5, 5.41) is 12.3. The van der Waals surface area contributed by atoms with Crippen LogP contribution in [0.5, 0.6) is 0 Å². The summed E-state index contributed by atoms with van der Waals surface area (Å²) in [5.41, 5.74) is 4.28. The average Bonchev–Trinajstić information content (AvgIpc) is 3.47. The maximum absolute atomic E-state index is 13.0. The molecule has 0 amide bonds. The predicted molar refractivity (Wildman–Crippen MR) is 169 cm³/mol. The molecule has 0 saturated heterocycles. The van der Waals surface area contributed by atoms with E-state index in [4.69, 9.17) is 0 Å². The van der Waals surface area contributed by atoms with Gasteiger partial charge in [-0.1, -0.05) is 97.1 Å². The first kappa shape index (κ1) is 21.8. The van der Waals surface area contributed by atoms with E-state index in [1.165, 1.54) is 49.2 Å². The second-order valence-electron chi connectivity index (χ2n) is 11.0.